The average Bonchev–Trinajstić information content (AvgIpc) is 3.77. The number of hydrogen-bond donors (Lipinski definition) is 0. The second kappa shape index (κ2) is 17.0. The van der Waals surface area contributed by atoms with E-state index in [0.717, 1.165) is 33.9 Å². The van der Waals surface area contributed by atoms with Crippen LogP contribution in [0.15, 0.2) is 128 Å². The van der Waals surface area contributed by atoms with Gasteiger partial charge in [0.25, 0.3) is 0 Å². The van der Waals surface area contributed by atoms with Crippen molar-refractivity contribution < 1.29 is 23.8 Å². The number of ketones is 1. The van der Waals surface area contributed by atoms with E-state index in [4.69, 9.17) is 14.2 Å². The zero-order valence-corrected chi connectivity index (χ0v) is 27.5. The molecule has 49 heavy (non-hydrogen) atoms. The lowest BCUT2D eigenvalue weighted by molar-refractivity contribution is -0.137. The lowest BCUT2D eigenvalue weighted by atomic mass is 10.0. The SMILES string of the molecule is CCOC(=O)C=C(c1ccc(OCc2ccccc2)cc1)c1cnnn1C.Cn1nncc1C(=O)c1ccc(OCc2ccccc2)cc1. The minimum Gasteiger partial charge on any atom is -0.489 e. The molecule has 0 fully saturated rings. The molecule has 0 saturated carbocycles. The Balaban J connectivity index is 0.000000195. The number of hydrogen-bond acceptors (Lipinski definition) is 9. The number of ether oxygens (including phenoxy) is 3. The minimum absolute atomic E-state index is 0.109. The van der Waals surface area contributed by atoms with Crippen LogP contribution < -0.4 is 9.47 Å². The molecule has 0 radical (unpaired) electrons. The number of esters is 1. The van der Waals surface area contributed by atoms with Crippen LogP contribution in [0.1, 0.15) is 45.4 Å². The predicted molar refractivity (Wildman–Crippen MR) is 184 cm³/mol. The summed E-state index contributed by atoms with van der Waals surface area (Å²) < 4.78 is 19.6. The fourth-order valence-corrected chi connectivity index (χ4v) is 4.70. The highest BCUT2D eigenvalue weighted by molar-refractivity contribution is 6.07. The first-order valence-corrected chi connectivity index (χ1v) is 15.6. The number of nitrogens with zero attached hydrogens (tertiary/aromatic N) is 6. The molecule has 11 heteroatoms. The zero-order valence-electron chi connectivity index (χ0n) is 27.5. The molecule has 0 aliphatic heterocycles. The molecule has 0 amide bonds. The number of aromatic nitrogens is 6. The van der Waals surface area contributed by atoms with Gasteiger partial charge in [0.15, 0.2) is 0 Å². The smallest absolute Gasteiger partial charge is 0.331 e. The first-order chi connectivity index (χ1) is 23.9. The summed E-state index contributed by atoms with van der Waals surface area (Å²) in [6, 6.07) is 34.5. The van der Waals surface area contributed by atoms with Gasteiger partial charge in [-0.15, -0.1) is 10.2 Å². The Labute approximate surface area is 284 Å². The van der Waals surface area contributed by atoms with Crippen LogP contribution in [0.25, 0.3) is 5.57 Å². The van der Waals surface area contributed by atoms with E-state index in [1.807, 2.05) is 84.9 Å². The summed E-state index contributed by atoms with van der Waals surface area (Å²) in [5.41, 5.74) is 5.50. The van der Waals surface area contributed by atoms with E-state index in [-0.39, 0.29) is 5.78 Å². The van der Waals surface area contributed by atoms with E-state index in [1.165, 1.54) is 17.0 Å². The van der Waals surface area contributed by atoms with Gasteiger partial charge in [0.2, 0.25) is 5.78 Å². The van der Waals surface area contributed by atoms with Crippen LogP contribution in [0.4, 0.5) is 0 Å². The number of benzene rings is 4. The molecule has 2 aromatic heterocycles. The largest absolute Gasteiger partial charge is 0.489 e. The van der Waals surface area contributed by atoms with Gasteiger partial charge in [-0.2, -0.15) is 0 Å². The predicted octanol–water partition coefficient (Wildman–Crippen LogP) is 6.01. The molecule has 0 spiro atoms. The fourth-order valence-electron chi connectivity index (χ4n) is 4.70. The Morgan fingerprint density at radius 1 is 0.633 bits per heavy atom. The second-order valence-corrected chi connectivity index (χ2v) is 10.7. The van der Waals surface area contributed by atoms with Gasteiger partial charge in [0.05, 0.1) is 24.7 Å². The van der Waals surface area contributed by atoms with Gasteiger partial charge in [-0.1, -0.05) is 83.2 Å². The van der Waals surface area contributed by atoms with Gasteiger partial charge in [-0.3, -0.25) is 4.79 Å². The first-order valence-electron chi connectivity index (χ1n) is 15.6. The first kappa shape index (κ1) is 34.0. The van der Waals surface area contributed by atoms with Crippen LogP contribution in [0.3, 0.4) is 0 Å². The van der Waals surface area contributed by atoms with Crippen molar-refractivity contribution in [3.05, 3.63) is 161 Å². The van der Waals surface area contributed by atoms with E-state index >= 15 is 0 Å². The molecule has 0 N–H and O–H groups in total. The second-order valence-electron chi connectivity index (χ2n) is 10.7. The highest BCUT2D eigenvalue weighted by Gasteiger charge is 2.14. The number of carbonyl (C=O) groups is 2. The summed E-state index contributed by atoms with van der Waals surface area (Å²) >= 11 is 0. The summed E-state index contributed by atoms with van der Waals surface area (Å²) in [4.78, 5) is 24.3. The van der Waals surface area contributed by atoms with Gasteiger partial charge in [0.1, 0.15) is 30.4 Å². The summed E-state index contributed by atoms with van der Waals surface area (Å²) in [5.74, 6) is 0.963. The van der Waals surface area contributed by atoms with Crippen LogP contribution in [-0.2, 0) is 36.8 Å². The molecule has 0 unspecified atom stereocenters. The van der Waals surface area contributed by atoms with Gasteiger partial charge in [-0.05, 0) is 60.0 Å². The number of aryl methyl sites for hydroxylation is 2. The summed E-state index contributed by atoms with van der Waals surface area (Å²) in [5, 5.41) is 15.3. The summed E-state index contributed by atoms with van der Waals surface area (Å²) in [6.07, 6.45) is 4.54. The van der Waals surface area contributed by atoms with Crippen molar-refractivity contribution in [2.45, 2.75) is 20.1 Å². The molecule has 0 aliphatic rings. The molecule has 0 saturated heterocycles. The van der Waals surface area contributed by atoms with Gasteiger partial charge >= 0.3 is 5.97 Å². The molecule has 248 valence electrons. The van der Waals surface area contributed by atoms with E-state index < -0.39 is 5.97 Å². The van der Waals surface area contributed by atoms with E-state index in [2.05, 4.69) is 20.6 Å². The third kappa shape index (κ3) is 9.58. The molecule has 0 bridgehead atoms. The normalized spacial score (nSPS) is 10.9. The molecule has 0 aliphatic carbocycles. The summed E-state index contributed by atoms with van der Waals surface area (Å²) in [7, 11) is 3.47. The molecular formula is C38H36N6O5. The standard InChI is InChI=1S/C21H21N3O3.C17H15N3O2/c1-3-26-21(25)13-19(20-14-22-23-24(20)2)17-9-11-18(12-10-17)27-15-16-7-5-4-6-8-16;1-20-16(11-18-19-20)17(21)14-7-9-15(10-8-14)22-12-13-5-3-2-4-6-13/h4-14H,3,15H2,1-2H3;2-11H,12H2,1H3. The van der Waals surface area contributed by atoms with Gasteiger partial charge in [-0.25, -0.2) is 14.2 Å². The molecule has 0 atom stereocenters. The Morgan fingerprint density at radius 2 is 1.10 bits per heavy atom. The van der Waals surface area contributed by atoms with Crippen molar-refractivity contribution in [3.8, 4) is 11.5 Å². The zero-order chi connectivity index (χ0) is 34.4. The maximum atomic E-state index is 12.3. The quantitative estimate of drug-likeness (QED) is 0.0885. The van der Waals surface area contributed by atoms with Crippen LogP contribution in [0.5, 0.6) is 11.5 Å². The van der Waals surface area contributed by atoms with Crippen molar-refractivity contribution in [1.29, 1.82) is 0 Å². The molecule has 11 nitrogen and oxygen atoms in total. The summed E-state index contributed by atoms with van der Waals surface area (Å²) in [6.45, 7) is 3.09. The Hall–Kier alpha value is -6.36. The van der Waals surface area contributed by atoms with Crippen LogP contribution in [0, 0.1) is 0 Å². The van der Waals surface area contributed by atoms with Crippen molar-refractivity contribution in [3.63, 3.8) is 0 Å². The van der Waals surface area contributed by atoms with Gasteiger partial charge in [0, 0.05) is 31.3 Å². The maximum Gasteiger partial charge on any atom is 0.331 e. The fraction of sp³-hybridized carbons (Fsp3) is 0.158. The Bertz CT molecular complexity index is 1970. The van der Waals surface area contributed by atoms with Crippen LogP contribution in [-0.4, -0.2) is 48.3 Å². The Kier molecular flexibility index (Phi) is 11.8. The van der Waals surface area contributed by atoms with E-state index in [1.54, 1.807) is 56.2 Å². The van der Waals surface area contributed by atoms with Gasteiger partial charge < -0.3 is 14.2 Å². The third-order valence-corrected chi connectivity index (χ3v) is 7.26. The van der Waals surface area contributed by atoms with Crippen molar-refractivity contribution in [1.82, 2.24) is 30.0 Å². The molecular weight excluding hydrogens is 620 g/mol. The topological polar surface area (TPSA) is 123 Å². The monoisotopic (exact) mass is 656 g/mol. The lowest BCUT2D eigenvalue weighted by Crippen LogP contribution is -2.08. The number of rotatable bonds is 12. The van der Waals surface area contributed by atoms with E-state index in [0.29, 0.717) is 36.7 Å². The average molecular weight is 657 g/mol. The molecule has 6 aromatic rings. The molecule has 4 aromatic carbocycles. The van der Waals surface area contributed by atoms with Crippen molar-refractivity contribution in [2.75, 3.05) is 6.61 Å². The lowest BCUT2D eigenvalue weighted by Gasteiger charge is -2.10. The molecule has 2 heterocycles. The Morgan fingerprint density at radius 3 is 1.55 bits per heavy atom. The highest BCUT2D eigenvalue weighted by Crippen LogP contribution is 2.25. The third-order valence-electron chi connectivity index (χ3n) is 7.26. The van der Waals surface area contributed by atoms with Crippen molar-refractivity contribution in [2.24, 2.45) is 14.1 Å². The van der Waals surface area contributed by atoms with Crippen LogP contribution >= 0.6 is 0 Å². The van der Waals surface area contributed by atoms with Crippen LogP contribution in [0.2, 0.25) is 0 Å². The highest BCUT2D eigenvalue weighted by atomic mass is 16.5. The van der Waals surface area contributed by atoms with Crippen molar-refractivity contribution >= 4 is 17.3 Å². The maximum absolute atomic E-state index is 12.3. The minimum atomic E-state index is -0.405. The van der Waals surface area contributed by atoms with E-state index in [9.17, 15) is 9.59 Å². The number of carbonyl (C=O) groups excluding carboxylic acids is 2. The molecule has 6 rings (SSSR count).